The molecule has 23 heavy (non-hydrogen) atoms. The maximum Gasteiger partial charge on any atom is 0.242 e. The van der Waals surface area contributed by atoms with E-state index in [4.69, 9.17) is 4.42 Å². The van der Waals surface area contributed by atoms with E-state index >= 15 is 0 Å². The smallest absolute Gasteiger partial charge is 0.242 e. The molecule has 6 nitrogen and oxygen atoms in total. The van der Waals surface area contributed by atoms with Gasteiger partial charge in [0.15, 0.2) is 0 Å². The van der Waals surface area contributed by atoms with Crippen LogP contribution in [0.1, 0.15) is 44.0 Å². The predicted octanol–water partition coefficient (Wildman–Crippen LogP) is 2.37. The number of hydrogen-bond donors (Lipinski definition) is 1. The molecule has 0 unspecified atom stereocenters. The normalized spacial score (nSPS) is 20.2. The first-order chi connectivity index (χ1) is 11.2. The number of carbonyl (C=O) groups excluding carboxylic acids is 1. The minimum Gasteiger partial charge on any atom is -0.467 e. The quantitative estimate of drug-likeness (QED) is 0.919. The summed E-state index contributed by atoms with van der Waals surface area (Å²) < 4.78 is 7.07. The molecule has 3 rings (SSSR count). The van der Waals surface area contributed by atoms with Crippen molar-refractivity contribution in [3.05, 3.63) is 42.9 Å². The number of aliphatic hydroxyl groups is 1. The molecule has 3 heterocycles. The third-order valence-electron chi connectivity index (χ3n) is 4.44. The molecule has 0 saturated carbocycles. The molecule has 1 N–H and O–H groups in total. The van der Waals surface area contributed by atoms with Gasteiger partial charge in [-0.05, 0) is 25.0 Å². The molecular weight excluding hydrogens is 294 g/mol. The van der Waals surface area contributed by atoms with E-state index in [2.05, 4.69) is 4.98 Å². The third kappa shape index (κ3) is 4.01. The zero-order valence-corrected chi connectivity index (χ0v) is 13.2. The van der Waals surface area contributed by atoms with Gasteiger partial charge in [0.05, 0.1) is 12.6 Å². The molecule has 0 spiro atoms. The molecule has 0 bridgehead atoms. The predicted molar refractivity (Wildman–Crippen MR) is 84.5 cm³/mol. The van der Waals surface area contributed by atoms with Gasteiger partial charge in [-0.1, -0.05) is 12.8 Å². The molecule has 2 aromatic rings. The Kier molecular flexibility index (Phi) is 5.12. The number of imidazole rings is 1. The van der Waals surface area contributed by atoms with E-state index in [-0.39, 0.29) is 11.9 Å². The highest BCUT2D eigenvalue weighted by Gasteiger charge is 2.28. The van der Waals surface area contributed by atoms with Gasteiger partial charge in [-0.15, -0.1) is 0 Å². The highest BCUT2D eigenvalue weighted by atomic mass is 16.4. The minimum atomic E-state index is -0.670. The summed E-state index contributed by atoms with van der Waals surface area (Å²) in [5.74, 6) is 0.651. The lowest BCUT2D eigenvalue weighted by Crippen LogP contribution is -2.42. The van der Waals surface area contributed by atoms with Crippen LogP contribution >= 0.6 is 0 Å². The summed E-state index contributed by atoms with van der Waals surface area (Å²) in [5.41, 5.74) is 0. The molecular formula is C17H23N3O3. The molecule has 0 aromatic carbocycles. The van der Waals surface area contributed by atoms with Gasteiger partial charge in [0, 0.05) is 31.4 Å². The van der Waals surface area contributed by atoms with Gasteiger partial charge in [-0.2, -0.15) is 0 Å². The van der Waals surface area contributed by atoms with Crippen molar-refractivity contribution in [2.45, 2.75) is 50.8 Å². The van der Waals surface area contributed by atoms with E-state index in [1.807, 2.05) is 4.90 Å². The Bertz CT molecular complexity index is 595. The lowest BCUT2D eigenvalue weighted by atomic mass is 10.0. The number of likely N-dealkylation sites (tertiary alicyclic amines) is 1. The van der Waals surface area contributed by atoms with Crippen LogP contribution in [-0.4, -0.2) is 38.1 Å². The number of rotatable bonds is 5. The van der Waals surface area contributed by atoms with E-state index in [9.17, 15) is 9.90 Å². The Morgan fingerprint density at radius 2 is 2.35 bits per heavy atom. The SMILES string of the molecule is O=C(Cn1ccnc1)N1CCCCC[C@@H]1C[C@@H](O)c1ccco1. The van der Waals surface area contributed by atoms with Crippen LogP contribution in [0.5, 0.6) is 0 Å². The zero-order valence-electron chi connectivity index (χ0n) is 13.2. The first kappa shape index (κ1) is 15.8. The second-order valence-corrected chi connectivity index (χ2v) is 6.09. The van der Waals surface area contributed by atoms with Crippen LogP contribution in [0.2, 0.25) is 0 Å². The van der Waals surface area contributed by atoms with Gasteiger partial charge in [0.1, 0.15) is 18.4 Å². The lowest BCUT2D eigenvalue weighted by molar-refractivity contribution is -0.134. The van der Waals surface area contributed by atoms with Gasteiger partial charge in [-0.25, -0.2) is 4.98 Å². The molecule has 1 aliphatic heterocycles. The Morgan fingerprint density at radius 3 is 3.09 bits per heavy atom. The van der Waals surface area contributed by atoms with Crippen LogP contribution < -0.4 is 0 Å². The van der Waals surface area contributed by atoms with Crippen LogP contribution in [0.4, 0.5) is 0 Å². The van der Waals surface area contributed by atoms with Crippen molar-refractivity contribution < 1.29 is 14.3 Å². The topological polar surface area (TPSA) is 71.5 Å². The standard InChI is InChI=1S/C17H23N3O3/c21-15(16-6-4-10-23-16)11-14-5-2-1-3-8-20(14)17(22)12-19-9-7-18-13-19/h4,6-7,9-10,13-15,21H,1-3,5,8,11-12H2/t14-,15-/m1/s1. The molecule has 2 aromatic heterocycles. The van der Waals surface area contributed by atoms with Gasteiger partial charge >= 0.3 is 0 Å². The van der Waals surface area contributed by atoms with Crippen molar-refractivity contribution in [3.63, 3.8) is 0 Å². The summed E-state index contributed by atoms with van der Waals surface area (Å²) in [6.45, 7) is 1.05. The Balaban J connectivity index is 1.68. The summed E-state index contributed by atoms with van der Waals surface area (Å²) in [5, 5.41) is 10.4. The summed E-state index contributed by atoms with van der Waals surface area (Å²) in [7, 11) is 0. The molecule has 1 fully saturated rings. The monoisotopic (exact) mass is 317 g/mol. The Labute approximate surface area is 135 Å². The van der Waals surface area contributed by atoms with Crippen molar-refractivity contribution >= 4 is 5.91 Å². The summed E-state index contributed by atoms with van der Waals surface area (Å²) in [4.78, 5) is 18.6. The van der Waals surface area contributed by atoms with E-state index in [0.29, 0.717) is 18.7 Å². The molecule has 124 valence electrons. The molecule has 1 amide bonds. The highest BCUT2D eigenvalue weighted by Crippen LogP contribution is 2.27. The fourth-order valence-corrected chi connectivity index (χ4v) is 3.23. The van der Waals surface area contributed by atoms with E-state index < -0.39 is 6.10 Å². The second-order valence-electron chi connectivity index (χ2n) is 6.09. The van der Waals surface area contributed by atoms with Gasteiger partial charge in [0.2, 0.25) is 5.91 Å². The number of furan rings is 1. The van der Waals surface area contributed by atoms with E-state index in [0.717, 1.165) is 32.2 Å². The molecule has 0 aliphatic carbocycles. The van der Waals surface area contributed by atoms with E-state index in [1.54, 1.807) is 41.7 Å². The van der Waals surface area contributed by atoms with Crippen LogP contribution in [-0.2, 0) is 11.3 Å². The third-order valence-corrected chi connectivity index (χ3v) is 4.44. The minimum absolute atomic E-state index is 0.0496. The second kappa shape index (κ2) is 7.46. The number of nitrogens with zero attached hydrogens (tertiary/aromatic N) is 3. The molecule has 2 atom stereocenters. The molecule has 1 aliphatic rings. The van der Waals surface area contributed by atoms with Gasteiger partial charge in [-0.3, -0.25) is 4.79 Å². The van der Waals surface area contributed by atoms with Gasteiger partial charge in [0.25, 0.3) is 0 Å². The Hall–Kier alpha value is -2.08. The summed E-state index contributed by atoms with van der Waals surface area (Å²) in [6.07, 6.45) is 10.7. The maximum absolute atomic E-state index is 12.7. The van der Waals surface area contributed by atoms with Crippen molar-refractivity contribution in [2.24, 2.45) is 0 Å². The first-order valence-corrected chi connectivity index (χ1v) is 8.20. The summed E-state index contributed by atoms with van der Waals surface area (Å²) in [6, 6.07) is 3.60. The van der Waals surface area contributed by atoms with Crippen LogP contribution in [0.25, 0.3) is 0 Å². The average Bonchev–Trinajstić information content (AvgIpc) is 3.19. The highest BCUT2D eigenvalue weighted by molar-refractivity contribution is 5.76. The zero-order chi connectivity index (χ0) is 16.1. The van der Waals surface area contributed by atoms with Crippen molar-refractivity contribution in [3.8, 4) is 0 Å². The largest absolute Gasteiger partial charge is 0.467 e. The molecule has 1 saturated heterocycles. The van der Waals surface area contributed by atoms with E-state index in [1.165, 1.54) is 0 Å². The van der Waals surface area contributed by atoms with Crippen LogP contribution in [0.3, 0.4) is 0 Å². The number of carbonyl (C=O) groups is 1. The van der Waals surface area contributed by atoms with Crippen LogP contribution in [0.15, 0.2) is 41.5 Å². The number of hydrogen-bond acceptors (Lipinski definition) is 4. The molecule has 0 radical (unpaired) electrons. The van der Waals surface area contributed by atoms with Crippen molar-refractivity contribution in [1.29, 1.82) is 0 Å². The van der Waals surface area contributed by atoms with Crippen molar-refractivity contribution in [2.75, 3.05) is 6.54 Å². The Morgan fingerprint density at radius 1 is 1.43 bits per heavy atom. The van der Waals surface area contributed by atoms with Crippen LogP contribution in [0, 0.1) is 0 Å². The molecule has 6 heteroatoms. The number of aliphatic hydroxyl groups excluding tert-OH is 1. The fourth-order valence-electron chi connectivity index (χ4n) is 3.23. The summed E-state index contributed by atoms with van der Waals surface area (Å²) >= 11 is 0. The maximum atomic E-state index is 12.7. The average molecular weight is 317 g/mol. The fraction of sp³-hybridized carbons (Fsp3) is 0.529. The lowest BCUT2D eigenvalue weighted by Gasteiger charge is -2.31. The first-order valence-electron chi connectivity index (χ1n) is 8.20. The number of amides is 1. The van der Waals surface area contributed by atoms with Crippen molar-refractivity contribution in [1.82, 2.24) is 14.5 Å². The van der Waals surface area contributed by atoms with Gasteiger partial charge < -0.3 is 19.0 Å². The number of aromatic nitrogens is 2.